The number of methoxy groups -OCH3 is 1. The van der Waals surface area contributed by atoms with Crippen molar-refractivity contribution >= 4 is 16.9 Å². The van der Waals surface area contributed by atoms with Crippen molar-refractivity contribution in [1.82, 2.24) is 9.88 Å². The number of rotatable bonds is 11. The highest BCUT2D eigenvalue weighted by Gasteiger charge is 2.30. The van der Waals surface area contributed by atoms with Crippen molar-refractivity contribution in [2.45, 2.75) is 44.9 Å². The molecule has 1 aliphatic heterocycles. The number of aromatic nitrogens is 1. The Labute approximate surface area is 211 Å². The number of carboxylic acids is 1. The minimum atomic E-state index is -0.771. The summed E-state index contributed by atoms with van der Waals surface area (Å²) >= 11 is 0. The van der Waals surface area contributed by atoms with Gasteiger partial charge in [-0.1, -0.05) is 6.07 Å². The van der Waals surface area contributed by atoms with Gasteiger partial charge in [-0.2, -0.15) is 0 Å². The van der Waals surface area contributed by atoms with E-state index >= 15 is 0 Å². The summed E-state index contributed by atoms with van der Waals surface area (Å²) in [5.41, 5.74) is 2.31. The molecule has 0 saturated carbocycles. The van der Waals surface area contributed by atoms with Crippen molar-refractivity contribution in [3.63, 3.8) is 0 Å². The van der Waals surface area contributed by atoms with E-state index < -0.39 is 17.6 Å². The zero-order chi connectivity index (χ0) is 25.5. The van der Waals surface area contributed by atoms with E-state index in [2.05, 4.69) is 16.0 Å². The first-order valence-corrected chi connectivity index (χ1v) is 12.7. The van der Waals surface area contributed by atoms with Crippen molar-refractivity contribution in [2.75, 3.05) is 26.7 Å². The molecule has 3 aromatic rings. The SMILES string of the molecule is COc1ccc2nccc(CCC[C@@H]3CCN(CCCc4c(F)cccc4F)C[C@@H]3CC(=O)O)c2c1. The Morgan fingerprint density at radius 3 is 2.67 bits per heavy atom. The van der Waals surface area contributed by atoms with Gasteiger partial charge >= 0.3 is 5.97 Å². The van der Waals surface area contributed by atoms with Crippen molar-refractivity contribution in [3.8, 4) is 5.75 Å². The van der Waals surface area contributed by atoms with Crippen LogP contribution in [0, 0.1) is 23.5 Å². The topological polar surface area (TPSA) is 62.7 Å². The number of ether oxygens (including phenoxy) is 1. The van der Waals surface area contributed by atoms with Gasteiger partial charge in [0.1, 0.15) is 17.4 Å². The van der Waals surface area contributed by atoms with E-state index in [4.69, 9.17) is 4.74 Å². The zero-order valence-electron chi connectivity index (χ0n) is 20.8. The number of likely N-dealkylation sites (tertiary alicyclic amines) is 1. The van der Waals surface area contributed by atoms with Crippen LogP contribution in [0.2, 0.25) is 0 Å². The average Bonchev–Trinajstić information content (AvgIpc) is 2.86. The van der Waals surface area contributed by atoms with E-state index in [1.807, 2.05) is 24.4 Å². The van der Waals surface area contributed by atoms with Crippen LogP contribution in [0.1, 0.15) is 43.2 Å². The summed E-state index contributed by atoms with van der Waals surface area (Å²) in [6.45, 7) is 2.31. The Morgan fingerprint density at radius 2 is 1.92 bits per heavy atom. The predicted molar refractivity (Wildman–Crippen MR) is 136 cm³/mol. The van der Waals surface area contributed by atoms with Crippen LogP contribution in [0.15, 0.2) is 48.7 Å². The number of aryl methyl sites for hydroxylation is 1. The fourth-order valence-electron chi connectivity index (χ4n) is 5.53. The van der Waals surface area contributed by atoms with Gasteiger partial charge in [-0.25, -0.2) is 8.78 Å². The second-order valence-corrected chi connectivity index (χ2v) is 9.76. The third kappa shape index (κ3) is 6.58. The number of nitrogens with zero attached hydrogens (tertiary/aromatic N) is 2. The number of halogens is 2. The summed E-state index contributed by atoms with van der Waals surface area (Å²) in [5.74, 6) is -0.536. The average molecular weight is 497 g/mol. The van der Waals surface area contributed by atoms with Crippen LogP contribution in [-0.4, -0.2) is 47.7 Å². The molecule has 2 heterocycles. The fourth-order valence-corrected chi connectivity index (χ4v) is 5.53. The first kappa shape index (κ1) is 26.0. The highest BCUT2D eigenvalue weighted by atomic mass is 19.1. The lowest BCUT2D eigenvalue weighted by Gasteiger charge is -2.38. The number of benzene rings is 2. The second-order valence-electron chi connectivity index (χ2n) is 9.76. The fraction of sp³-hybridized carbons (Fsp3) is 0.448. The Kier molecular flexibility index (Phi) is 8.86. The van der Waals surface area contributed by atoms with E-state index in [0.29, 0.717) is 31.8 Å². The van der Waals surface area contributed by atoms with Crippen LogP contribution in [0.3, 0.4) is 0 Å². The molecule has 1 aliphatic rings. The van der Waals surface area contributed by atoms with Crippen molar-refractivity contribution in [3.05, 3.63) is 71.4 Å². The number of hydrogen-bond acceptors (Lipinski definition) is 4. The molecule has 0 unspecified atom stereocenters. The van der Waals surface area contributed by atoms with E-state index in [1.165, 1.54) is 23.8 Å². The second kappa shape index (κ2) is 12.3. The summed E-state index contributed by atoms with van der Waals surface area (Å²) in [7, 11) is 1.66. The Balaban J connectivity index is 1.32. The maximum absolute atomic E-state index is 13.9. The lowest BCUT2D eigenvalue weighted by Crippen LogP contribution is -2.42. The van der Waals surface area contributed by atoms with Crippen LogP contribution in [0.5, 0.6) is 5.75 Å². The molecule has 7 heteroatoms. The van der Waals surface area contributed by atoms with Gasteiger partial charge in [0.05, 0.1) is 12.6 Å². The van der Waals surface area contributed by atoms with E-state index in [0.717, 1.165) is 48.9 Å². The summed E-state index contributed by atoms with van der Waals surface area (Å²) in [5, 5.41) is 10.6. The number of pyridine rings is 1. The van der Waals surface area contributed by atoms with Gasteiger partial charge in [0.2, 0.25) is 0 Å². The Hall–Kier alpha value is -3.06. The number of piperidine rings is 1. The monoisotopic (exact) mass is 496 g/mol. The van der Waals surface area contributed by atoms with Gasteiger partial charge in [0, 0.05) is 30.1 Å². The molecule has 0 amide bonds. The molecule has 0 bridgehead atoms. The van der Waals surface area contributed by atoms with Crippen molar-refractivity contribution in [2.24, 2.45) is 11.8 Å². The van der Waals surface area contributed by atoms with Gasteiger partial charge in [-0.3, -0.25) is 9.78 Å². The van der Waals surface area contributed by atoms with Gasteiger partial charge in [0.15, 0.2) is 0 Å². The molecule has 5 nitrogen and oxygen atoms in total. The molecule has 2 aromatic carbocycles. The molecule has 4 rings (SSSR count). The molecule has 192 valence electrons. The molecule has 0 aliphatic carbocycles. The lowest BCUT2D eigenvalue weighted by molar-refractivity contribution is -0.139. The minimum Gasteiger partial charge on any atom is -0.497 e. The van der Waals surface area contributed by atoms with Crippen molar-refractivity contribution < 1.29 is 23.4 Å². The molecule has 0 radical (unpaired) electrons. The maximum Gasteiger partial charge on any atom is 0.303 e. The van der Waals surface area contributed by atoms with E-state index in [9.17, 15) is 18.7 Å². The van der Waals surface area contributed by atoms with E-state index in [1.54, 1.807) is 7.11 Å². The summed E-state index contributed by atoms with van der Waals surface area (Å²) in [4.78, 5) is 18.3. The summed E-state index contributed by atoms with van der Waals surface area (Å²) in [6.07, 6.45) is 6.76. The molecule has 0 spiro atoms. The standard InChI is InChI=1S/C29H34F2N2O3/c1-36-23-10-11-28-25(18-23)21(12-14-32-28)6-2-5-20-13-16-33(19-22(20)17-29(34)35)15-4-7-24-26(30)8-3-9-27(24)31/h3,8-12,14,18,20,22H,2,4-7,13,15-17,19H2,1H3,(H,34,35)/t20-,22+/m1/s1. The highest BCUT2D eigenvalue weighted by molar-refractivity contribution is 5.83. The molecule has 36 heavy (non-hydrogen) atoms. The number of carbonyl (C=O) groups is 1. The molecule has 2 atom stereocenters. The summed E-state index contributed by atoms with van der Waals surface area (Å²) in [6, 6.07) is 11.9. The Morgan fingerprint density at radius 1 is 1.11 bits per heavy atom. The largest absolute Gasteiger partial charge is 0.497 e. The number of fused-ring (bicyclic) bond motifs is 1. The highest BCUT2D eigenvalue weighted by Crippen LogP contribution is 2.32. The molecular formula is C29H34F2N2O3. The molecule has 1 N–H and O–H groups in total. The lowest BCUT2D eigenvalue weighted by atomic mass is 9.79. The van der Waals surface area contributed by atoms with Gasteiger partial charge < -0.3 is 14.7 Å². The zero-order valence-corrected chi connectivity index (χ0v) is 20.8. The van der Waals surface area contributed by atoms with Crippen LogP contribution in [0.25, 0.3) is 10.9 Å². The summed E-state index contributed by atoms with van der Waals surface area (Å²) < 4.78 is 33.2. The number of carboxylic acid groups (broad SMARTS) is 1. The van der Waals surface area contributed by atoms with Crippen LogP contribution < -0.4 is 4.74 Å². The molecule has 1 aromatic heterocycles. The van der Waals surface area contributed by atoms with Crippen LogP contribution in [-0.2, 0) is 17.6 Å². The molecule has 1 fully saturated rings. The van der Waals surface area contributed by atoms with Gasteiger partial charge in [0.25, 0.3) is 0 Å². The first-order chi connectivity index (χ1) is 17.4. The molecular weight excluding hydrogens is 462 g/mol. The quantitative estimate of drug-likeness (QED) is 0.359. The normalized spacial score (nSPS) is 18.4. The van der Waals surface area contributed by atoms with Gasteiger partial charge in [-0.15, -0.1) is 0 Å². The van der Waals surface area contributed by atoms with Crippen LogP contribution in [0.4, 0.5) is 8.78 Å². The third-order valence-corrected chi connectivity index (χ3v) is 7.44. The predicted octanol–water partition coefficient (Wildman–Crippen LogP) is 5.89. The maximum atomic E-state index is 13.9. The Bertz CT molecular complexity index is 1170. The van der Waals surface area contributed by atoms with Crippen LogP contribution >= 0.6 is 0 Å². The molecule has 1 saturated heterocycles. The smallest absolute Gasteiger partial charge is 0.303 e. The minimum absolute atomic E-state index is 0.0794. The number of aliphatic carboxylic acids is 1. The van der Waals surface area contributed by atoms with Crippen molar-refractivity contribution in [1.29, 1.82) is 0 Å². The number of hydrogen-bond donors (Lipinski definition) is 1. The first-order valence-electron chi connectivity index (χ1n) is 12.7. The van der Waals surface area contributed by atoms with E-state index in [-0.39, 0.29) is 17.9 Å². The van der Waals surface area contributed by atoms with Gasteiger partial charge in [-0.05, 0) is 105 Å². The third-order valence-electron chi connectivity index (χ3n) is 7.44.